The molecule has 21 heavy (non-hydrogen) atoms. The van der Waals surface area contributed by atoms with Crippen molar-refractivity contribution >= 4 is 33.9 Å². The molecular formula is C15H18BrNO4. The van der Waals surface area contributed by atoms with E-state index >= 15 is 0 Å². The second-order valence-electron chi connectivity index (χ2n) is 4.42. The number of carbonyl (C=O) groups is 2. The molecule has 0 saturated carbocycles. The lowest BCUT2D eigenvalue weighted by molar-refractivity contribution is -0.141. The van der Waals surface area contributed by atoms with Gasteiger partial charge in [-0.05, 0) is 36.6 Å². The van der Waals surface area contributed by atoms with E-state index in [1.165, 1.54) is 6.08 Å². The van der Waals surface area contributed by atoms with Crippen molar-refractivity contribution in [1.29, 1.82) is 0 Å². The van der Waals surface area contributed by atoms with Gasteiger partial charge in [-0.1, -0.05) is 28.1 Å². The number of amides is 1. The minimum Gasteiger partial charge on any atom is -0.480 e. The maximum atomic E-state index is 11.7. The number of methoxy groups -OCH3 is 1. The molecule has 1 amide bonds. The van der Waals surface area contributed by atoms with Gasteiger partial charge in [-0.3, -0.25) is 4.79 Å². The predicted molar refractivity (Wildman–Crippen MR) is 83.9 cm³/mol. The summed E-state index contributed by atoms with van der Waals surface area (Å²) in [5.74, 6) is -1.48. The molecule has 0 fully saturated rings. The van der Waals surface area contributed by atoms with E-state index in [2.05, 4.69) is 21.2 Å². The highest BCUT2D eigenvalue weighted by molar-refractivity contribution is 9.10. The lowest BCUT2D eigenvalue weighted by Crippen LogP contribution is -2.40. The quantitative estimate of drug-likeness (QED) is 0.554. The number of hydrogen-bond acceptors (Lipinski definition) is 3. The standard InChI is InChI=1S/C15H18BrNO4/c1-21-9-3-6-13(15(19)20)17-14(18)8-7-11-4-2-5-12(16)10-11/h2,4-5,7-8,10,13H,3,6,9H2,1H3,(H,17,18)(H,19,20)/b8-7+. The van der Waals surface area contributed by atoms with Crippen LogP contribution in [0.5, 0.6) is 0 Å². The van der Waals surface area contributed by atoms with Crippen LogP contribution in [0.15, 0.2) is 34.8 Å². The molecule has 1 unspecified atom stereocenters. The number of nitrogens with one attached hydrogen (secondary N) is 1. The molecule has 0 radical (unpaired) electrons. The summed E-state index contributed by atoms with van der Waals surface area (Å²) >= 11 is 3.34. The Kier molecular flexibility index (Phi) is 7.71. The highest BCUT2D eigenvalue weighted by Gasteiger charge is 2.18. The summed E-state index contributed by atoms with van der Waals surface area (Å²) in [6.45, 7) is 0.466. The number of carboxylic acid groups (broad SMARTS) is 1. The molecule has 5 nitrogen and oxygen atoms in total. The molecule has 1 aromatic carbocycles. The fourth-order valence-corrected chi connectivity index (χ4v) is 2.11. The van der Waals surface area contributed by atoms with E-state index in [0.717, 1.165) is 10.0 Å². The third kappa shape index (κ3) is 7.06. The van der Waals surface area contributed by atoms with Crippen molar-refractivity contribution in [1.82, 2.24) is 5.32 Å². The summed E-state index contributed by atoms with van der Waals surface area (Å²) in [6, 6.07) is 6.54. The molecule has 1 aromatic rings. The topological polar surface area (TPSA) is 75.6 Å². The van der Waals surface area contributed by atoms with Crippen LogP contribution in [-0.2, 0) is 14.3 Å². The van der Waals surface area contributed by atoms with Crippen LogP contribution >= 0.6 is 15.9 Å². The van der Waals surface area contributed by atoms with Crippen LogP contribution in [0.4, 0.5) is 0 Å². The lowest BCUT2D eigenvalue weighted by Gasteiger charge is -2.12. The molecule has 0 saturated heterocycles. The van der Waals surface area contributed by atoms with Gasteiger partial charge in [0, 0.05) is 24.3 Å². The minimum absolute atomic E-state index is 0.333. The van der Waals surface area contributed by atoms with Crippen molar-refractivity contribution < 1.29 is 19.4 Å². The first kappa shape index (κ1) is 17.4. The zero-order valence-electron chi connectivity index (χ0n) is 11.7. The van der Waals surface area contributed by atoms with Crippen molar-refractivity contribution in [2.45, 2.75) is 18.9 Å². The van der Waals surface area contributed by atoms with Gasteiger partial charge in [0.1, 0.15) is 6.04 Å². The van der Waals surface area contributed by atoms with Gasteiger partial charge in [-0.2, -0.15) is 0 Å². The maximum absolute atomic E-state index is 11.7. The number of hydrogen-bond donors (Lipinski definition) is 2. The Labute approximate surface area is 132 Å². The highest BCUT2D eigenvalue weighted by atomic mass is 79.9. The summed E-state index contributed by atoms with van der Waals surface area (Å²) in [7, 11) is 1.55. The van der Waals surface area contributed by atoms with Crippen molar-refractivity contribution in [2.24, 2.45) is 0 Å². The van der Waals surface area contributed by atoms with Crippen LogP contribution in [-0.4, -0.2) is 36.7 Å². The molecule has 6 heteroatoms. The van der Waals surface area contributed by atoms with E-state index in [0.29, 0.717) is 19.4 Å². The van der Waals surface area contributed by atoms with Crippen molar-refractivity contribution in [3.8, 4) is 0 Å². The first-order valence-electron chi connectivity index (χ1n) is 6.49. The third-order valence-corrected chi connectivity index (χ3v) is 3.22. The van der Waals surface area contributed by atoms with Crippen molar-refractivity contribution in [2.75, 3.05) is 13.7 Å². The van der Waals surface area contributed by atoms with Gasteiger partial charge < -0.3 is 15.2 Å². The van der Waals surface area contributed by atoms with E-state index in [1.54, 1.807) is 13.2 Å². The number of ether oxygens (including phenoxy) is 1. The molecule has 0 heterocycles. The molecule has 114 valence electrons. The Morgan fingerprint density at radius 2 is 2.24 bits per heavy atom. The largest absolute Gasteiger partial charge is 0.480 e. The van der Waals surface area contributed by atoms with Crippen molar-refractivity contribution in [3.05, 3.63) is 40.4 Å². The summed E-state index contributed by atoms with van der Waals surface area (Å²) in [6.07, 6.45) is 3.87. The Bertz CT molecular complexity index is 516. The van der Waals surface area contributed by atoms with Crippen LogP contribution < -0.4 is 5.32 Å². The third-order valence-electron chi connectivity index (χ3n) is 2.73. The SMILES string of the molecule is COCCCC(NC(=O)/C=C/c1cccc(Br)c1)C(=O)O. The van der Waals surface area contributed by atoms with Crippen LogP contribution in [0.3, 0.4) is 0 Å². The van der Waals surface area contributed by atoms with E-state index in [-0.39, 0.29) is 0 Å². The van der Waals surface area contributed by atoms with Crippen molar-refractivity contribution in [3.63, 3.8) is 0 Å². The van der Waals surface area contributed by atoms with Gasteiger partial charge in [0.25, 0.3) is 0 Å². The molecule has 0 aliphatic carbocycles. The zero-order valence-corrected chi connectivity index (χ0v) is 13.3. The summed E-state index contributed by atoms with van der Waals surface area (Å²) < 4.78 is 5.78. The molecule has 2 N–H and O–H groups in total. The Morgan fingerprint density at radius 1 is 1.48 bits per heavy atom. The monoisotopic (exact) mass is 355 g/mol. The summed E-state index contributed by atoms with van der Waals surface area (Å²) in [4.78, 5) is 22.8. The molecule has 0 aliphatic heterocycles. The lowest BCUT2D eigenvalue weighted by atomic mass is 10.1. The molecule has 0 spiro atoms. The second kappa shape index (κ2) is 9.31. The van der Waals surface area contributed by atoms with Crippen LogP contribution in [0.1, 0.15) is 18.4 Å². The minimum atomic E-state index is -1.05. The van der Waals surface area contributed by atoms with E-state index in [4.69, 9.17) is 9.84 Å². The fourth-order valence-electron chi connectivity index (χ4n) is 1.69. The van der Waals surface area contributed by atoms with Crippen LogP contribution in [0.2, 0.25) is 0 Å². The number of benzene rings is 1. The molecule has 1 rings (SSSR count). The average Bonchev–Trinajstić information content (AvgIpc) is 2.44. The zero-order chi connectivity index (χ0) is 15.7. The van der Waals surface area contributed by atoms with Crippen LogP contribution in [0, 0.1) is 0 Å². The van der Waals surface area contributed by atoms with Crippen LogP contribution in [0.25, 0.3) is 6.08 Å². The normalized spacial score (nSPS) is 12.3. The Hall–Kier alpha value is -1.66. The smallest absolute Gasteiger partial charge is 0.326 e. The number of halogens is 1. The van der Waals surface area contributed by atoms with Gasteiger partial charge in [0.05, 0.1) is 0 Å². The molecule has 0 bridgehead atoms. The highest BCUT2D eigenvalue weighted by Crippen LogP contribution is 2.12. The van der Waals surface area contributed by atoms with Gasteiger partial charge in [0.2, 0.25) is 5.91 Å². The van der Waals surface area contributed by atoms with Gasteiger partial charge >= 0.3 is 5.97 Å². The number of aliphatic carboxylic acids is 1. The fraction of sp³-hybridized carbons (Fsp3) is 0.333. The second-order valence-corrected chi connectivity index (χ2v) is 5.34. The first-order chi connectivity index (χ1) is 10.0. The molecule has 0 aliphatic rings. The Morgan fingerprint density at radius 3 is 2.86 bits per heavy atom. The number of carbonyl (C=O) groups excluding carboxylic acids is 1. The number of carboxylic acids is 1. The molecular weight excluding hydrogens is 338 g/mol. The summed E-state index contributed by atoms with van der Waals surface area (Å²) in [5, 5.41) is 11.5. The molecule has 0 aromatic heterocycles. The van der Waals surface area contributed by atoms with E-state index in [9.17, 15) is 9.59 Å². The first-order valence-corrected chi connectivity index (χ1v) is 7.28. The van der Waals surface area contributed by atoms with E-state index < -0.39 is 17.9 Å². The predicted octanol–water partition coefficient (Wildman–Crippen LogP) is 2.46. The van der Waals surface area contributed by atoms with Gasteiger partial charge in [-0.15, -0.1) is 0 Å². The Balaban J connectivity index is 2.55. The van der Waals surface area contributed by atoms with Gasteiger partial charge in [-0.25, -0.2) is 4.79 Å². The van der Waals surface area contributed by atoms with E-state index in [1.807, 2.05) is 24.3 Å². The summed E-state index contributed by atoms with van der Waals surface area (Å²) in [5.41, 5.74) is 0.853. The van der Waals surface area contributed by atoms with Gasteiger partial charge in [0.15, 0.2) is 0 Å². The maximum Gasteiger partial charge on any atom is 0.326 e. The average molecular weight is 356 g/mol. The molecule has 1 atom stereocenters. The number of rotatable bonds is 8.